The van der Waals surface area contributed by atoms with Crippen molar-refractivity contribution in [1.82, 2.24) is 0 Å². The van der Waals surface area contributed by atoms with Crippen LogP contribution in [0, 0.1) is 6.92 Å². The number of nitrogen functional groups attached to an aromatic ring is 1. The maximum atomic E-state index is 6.63. The molecule has 2 bridgehead atoms. The van der Waals surface area contributed by atoms with E-state index >= 15 is 0 Å². The topological polar surface area (TPSA) is 54.5 Å². The highest BCUT2D eigenvalue weighted by molar-refractivity contribution is 6.25. The van der Waals surface area contributed by atoms with Gasteiger partial charge in [0.15, 0.2) is 12.8 Å². The van der Waals surface area contributed by atoms with Crippen LogP contribution in [0.2, 0.25) is 0 Å². The van der Waals surface area contributed by atoms with Gasteiger partial charge in [-0.15, -0.1) is 0 Å². The van der Waals surface area contributed by atoms with Crippen molar-refractivity contribution in [3.8, 4) is 11.1 Å². The van der Waals surface area contributed by atoms with E-state index in [1.54, 1.807) is 0 Å². The smallest absolute Gasteiger partial charge is 0.213 e. The molecule has 0 unspecified atom stereocenters. The summed E-state index contributed by atoms with van der Waals surface area (Å²) in [5.74, 6) is 0. The molecule has 0 aliphatic carbocycles. The molecule has 7 aromatic carbocycles. The number of furan rings is 1. The lowest BCUT2D eigenvalue weighted by atomic mass is 9.93. The van der Waals surface area contributed by atoms with Gasteiger partial charge in [0.25, 0.3) is 0 Å². The van der Waals surface area contributed by atoms with E-state index in [4.69, 9.17) is 15.1 Å². The van der Waals surface area contributed by atoms with E-state index in [1.165, 1.54) is 32.5 Å². The molecular formula is C44H32N3O+. The highest BCUT2D eigenvalue weighted by atomic mass is 16.3. The lowest BCUT2D eigenvalue weighted by molar-refractivity contribution is -0.414. The van der Waals surface area contributed by atoms with E-state index in [2.05, 4.69) is 133 Å². The van der Waals surface area contributed by atoms with Gasteiger partial charge in [0, 0.05) is 28.5 Å². The van der Waals surface area contributed by atoms with Gasteiger partial charge in [0.05, 0.1) is 16.8 Å². The summed E-state index contributed by atoms with van der Waals surface area (Å²) < 4.78 is 8.93. The molecule has 1 aliphatic heterocycles. The Kier molecular flexibility index (Phi) is 6.54. The summed E-state index contributed by atoms with van der Waals surface area (Å²) in [6.07, 6.45) is 4.26. The molecule has 2 heterocycles. The van der Waals surface area contributed by atoms with E-state index in [-0.39, 0.29) is 0 Å². The van der Waals surface area contributed by atoms with Gasteiger partial charge >= 0.3 is 0 Å². The van der Waals surface area contributed by atoms with Crippen LogP contribution < -0.4 is 11.1 Å². The predicted octanol–water partition coefficient (Wildman–Crippen LogP) is 10.1. The van der Waals surface area contributed by atoms with E-state index < -0.39 is 0 Å². The Hall–Kier alpha value is -6.26. The van der Waals surface area contributed by atoms with Crippen molar-refractivity contribution in [2.24, 2.45) is 4.99 Å². The monoisotopic (exact) mass is 618 g/mol. The molecule has 228 valence electrons. The molecule has 0 radical (unpaired) electrons. The van der Waals surface area contributed by atoms with Gasteiger partial charge in [0.1, 0.15) is 16.7 Å². The van der Waals surface area contributed by atoms with Gasteiger partial charge in [0.2, 0.25) is 5.69 Å². The SMILES string of the molecule is Cc1c2c3cccc2c2ccccc2c2cccc4oc(c1c42)=CC=[N+]3CC(=Nc1ccccc1N)c1cccc(-c2ccccc2)c1. The number of para-hydroxylation sites is 2. The van der Waals surface area contributed by atoms with Crippen LogP contribution in [0.15, 0.2) is 149 Å². The van der Waals surface area contributed by atoms with E-state index in [0.717, 1.165) is 55.5 Å². The third-order valence-electron chi connectivity index (χ3n) is 9.57. The Morgan fingerprint density at radius 3 is 2.12 bits per heavy atom. The number of anilines is 1. The highest BCUT2D eigenvalue weighted by Gasteiger charge is 2.24. The van der Waals surface area contributed by atoms with Crippen molar-refractivity contribution >= 4 is 78.4 Å². The number of benzene rings is 6. The molecule has 1 aliphatic rings. The van der Waals surface area contributed by atoms with E-state index in [1.807, 2.05) is 30.3 Å². The fourth-order valence-electron chi connectivity index (χ4n) is 7.33. The summed E-state index contributed by atoms with van der Waals surface area (Å²) >= 11 is 0. The summed E-state index contributed by atoms with van der Waals surface area (Å²) in [7, 11) is 0. The fraction of sp³-hybridized carbons (Fsp3) is 0.0455. The summed E-state index contributed by atoms with van der Waals surface area (Å²) in [4.78, 5) is 5.26. The minimum Gasteiger partial charge on any atom is -0.456 e. The number of aliphatic imine (C=N–C) groups is 1. The van der Waals surface area contributed by atoms with Crippen LogP contribution in [0.4, 0.5) is 17.1 Å². The molecule has 1 aromatic heterocycles. The first-order valence-electron chi connectivity index (χ1n) is 16.3. The van der Waals surface area contributed by atoms with Crippen LogP contribution in [-0.2, 0) is 0 Å². The zero-order chi connectivity index (χ0) is 32.2. The first-order chi connectivity index (χ1) is 23.6. The van der Waals surface area contributed by atoms with Crippen LogP contribution in [0.3, 0.4) is 0 Å². The summed E-state index contributed by atoms with van der Waals surface area (Å²) in [6, 6.07) is 48.6. The molecule has 48 heavy (non-hydrogen) atoms. The molecule has 0 amide bonds. The average molecular weight is 619 g/mol. The molecule has 2 N–H and O–H groups in total. The molecular weight excluding hydrogens is 587 g/mol. The fourth-order valence-corrected chi connectivity index (χ4v) is 7.33. The van der Waals surface area contributed by atoms with Gasteiger partial charge in [-0.1, -0.05) is 109 Å². The lowest BCUT2D eigenvalue weighted by Crippen LogP contribution is -2.20. The van der Waals surface area contributed by atoms with Crippen molar-refractivity contribution in [3.05, 3.63) is 156 Å². The second kappa shape index (κ2) is 11.2. The van der Waals surface area contributed by atoms with Crippen molar-refractivity contribution in [3.63, 3.8) is 0 Å². The Morgan fingerprint density at radius 2 is 1.31 bits per heavy atom. The molecule has 9 rings (SSSR count). The number of nitrogens with two attached hydrogens (primary N) is 1. The van der Waals surface area contributed by atoms with Gasteiger partial charge in [-0.3, -0.25) is 0 Å². The van der Waals surface area contributed by atoms with E-state index in [9.17, 15) is 0 Å². The van der Waals surface area contributed by atoms with Crippen molar-refractivity contribution in [1.29, 1.82) is 0 Å². The Morgan fingerprint density at radius 1 is 0.646 bits per heavy atom. The minimum absolute atomic E-state index is 0.509. The lowest BCUT2D eigenvalue weighted by Gasteiger charge is -2.14. The molecule has 8 aromatic rings. The van der Waals surface area contributed by atoms with Crippen LogP contribution in [0.5, 0.6) is 0 Å². The number of hydrogen-bond acceptors (Lipinski definition) is 3. The first-order valence-corrected chi connectivity index (χ1v) is 16.3. The van der Waals surface area contributed by atoms with Gasteiger partial charge in [-0.25, -0.2) is 4.99 Å². The molecule has 0 spiro atoms. The zero-order valence-electron chi connectivity index (χ0n) is 26.5. The summed E-state index contributed by atoms with van der Waals surface area (Å²) in [5.41, 5.74) is 16.2. The third-order valence-corrected chi connectivity index (χ3v) is 9.57. The molecule has 0 saturated heterocycles. The predicted molar refractivity (Wildman–Crippen MR) is 202 cm³/mol. The largest absolute Gasteiger partial charge is 0.456 e. The van der Waals surface area contributed by atoms with Gasteiger partial charge < -0.3 is 10.2 Å². The van der Waals surface area contributed by atoms with Gasteiger partial charge in [-0.05, 0) is 69.4 Å². The van der Waals surface area contributed by atoms with E-state index in [0.29, 0.717) is 12.2 Å². The van der Waals surface area contributed by atoms with Crippen LogP contribution in [0.1, 0.15) is 11.1 Å². The molecule has 0 fully saturated rings. The molecule has 4 heteroatoms. The average Bonchev–Trinajstić information content (AvgIpc) is 3.51. The normalized spacial score (nSPS) is 12.9. The Labute approximate surface area is 278 Å². The molecule has 0 atom stereocenters. The van der Waals surface area contributed by atoms with Crippen LogP contribution >= 0.6 is 0 Å². The Balaban J connectivity index is 1.33. The van der Waals surface area contributed by atoms with Crippen LogP contribution in [-0.4, -0.2) is 23.0 Å². The number of rotatable bonds is 5. The minimum atomic E-state index is 0.509. The quantitative estimate of drug-likeness (QED) is 0.119. The van der Waals surface area contributed by atoms with Crippen molar-refractivity contribution < 1.29 is 8.99 Å². The number of fused-ring (bicyclic) bond motifs is 3. The first kappa shape index (κ1) is 28.0. The number of hydrogen-bond donors (Lipinski definition) is 1. The highest BCUT2D eigenvalue weighted by Crippen LogP contribution is 2.39. The maximum absolute atomic E-state index is 6.63. The number of nitrogens with zero attached hydrogens (tertiary/aromatic N) is 2. The Bertz CT molecular complexity index is 2720. The number of aryl methyl sites for hydroxylation is 1. The third kappa shape index (κ3) is 4.53. The summed E-state index contributed by atoms with van der Waals surface area (Å²) in [5, 5.41) is 8.33. The second-order valence-electron chi connectivity index (χ2n) is 12.4. The standard InChI is InChI=1S/C44H32N3O/c1-28-42-34-18-10-22-39(42)47(25-24-41-43(28)44-35(19-11-23-40(44)48-41)33-17-6-5-16-32(33)34)27-38(46-37-21-8-7-20-36(37)45)31-15-9-14-30(26-31)29-12-3-2-4-13-29/h2-26H,27,45H2,1H3/q+1. The van der Waals surface area contributed by atoms with Crippen molar-refractivity contribution in [2.75, 3.05) is 12.3 Å². The molecule has 4 nitrogen and oxygen atoms in total. The molecule has 0 saturated carbocycles. The second-order valence-corrected chi connectivity index (χ2v) is 12.4. The maximum Gasteiger partial charge on any atom is 0.213 e. The van der Waals surface area contributed by atoms with Gasteiger partial charge in [-0.2, -0.15) is 4.58 Å². The zero-order valence-corrected chi connectivity index (χ0v) is 26.5. The van der Waals surface area contributed by atoms with Crippen LogP contribution in [0.25, 0.3) is 60.5 Å². The summed E-state index contributed by atoms with van der Waals surface area (Å²) in [6.45, 7) is 2.75. The van der Waals surface area contributed by atoms with Crippen molar-refractivity contribution in [2.45, 2.75) is 6.92 Å².